The zero-order valence-corrected chi connectivity index (χ0v) is 17.7. The van der Waals surface area contributed by atoms with E-state index < -0.39 is 0 Å². The molecule has 0 saturated carbocycles. The summed E-state index contributed by atoms with van der Waals surface area (Å²) >= 11 is 0. The Morgan fingerprint density at radius 3 is 2.69 bits per heavy atom. The first-order valence-electron chi connectivity index (χ1n) is 11.2. The van der Waals surface area contributed by atoms with Gasteiger partial charge in [-0.05, 0) is 63.4 Å². The van der Waals surface area contributed by atoms with Crippen molar-refractivity contribution in [2.45, 2.75) is 57.5 Å². The first kappa shape index (κ1) is 20.4. The van der Waals surface area contributed by atoms with Crippen LogP contribution >= 0.6 is 0 Å². The molecular weight excluding hydrogens is 364 g/mol. The molecule has 2 aromatic rings. The number of likely N-dealkylation sites (tertiary alicyclic amines) is 2. The minimum absolute atomic E-state index is 0.165. The average molecular weight is 399 g/mol. The van der Waals surface area contributed by atoms with Crippen molar-refractivity contribution in [3.05, 3.63) is 30.1 Å². The molecule has 0 unspecified atom stereocenters. The van der Waals surface area contributed by atoms with Crippen molar-refractivity contribution in [3.63, 3.8) is 0 Å². The molecule has 2 aliphatic heterocycles. The third-order valence-electron chi connectivity index (χ3n) is 6.46. The van der Waals surface area contributed by atoms with Crippen LogP contribution in [0, 0.1) is 0 Å². The third-order valence-corrected chi connectivity index (χ3v) is 6.46. The predicted molar refractivity (Wildman–Crippen MR) is 115 cm³/mol. The number of carbonyl (C=O) groups is 1. The Morgan fingerprint density at radius 2 is 1.90 bits per heavy atom. The van der Waals surface area contributed by atoms with Crippen molar-refractivity contribution >= 4 is 16.9 Å². The second kappa shape index (κ2) is 9.72. The molecular formula is C23H34N4O2. The van der Waals surface area contributed by atoms with Gasteiger partial charge in [-0.3, -0.25) is 4.79 Å². The van der Waals surface area contributed by atoms with Crippen molar-refractivity contribution in [3.8, 4) is 0 Å². The lowest BCUT2D eigenvalue weighted by atomic mass is 10.00. The molecule has 1 atom stereocenters. The molecule has 0 aliphatic carbocycles. The fraction of sp³-hybridized carbons (Fsp3) is 0.652. The summed E-state index contributed by atoms with van der Waals surface area (Å²) in [6, 6.07) is 6.29. The van der Waals surface area contributed by atoms with Crippen LogP contribution in [-0.4, -0.2) is 71.2 Å². The van der Waals surface area contributed by atoms with Crippen molar-refractivity contribution in [1.29, 1.82) is 0 Å². The monoisotopic (exact) mass is 398 g/mol. The zero-order valence-electron chi connectivity index (χ0n) is 17.7. The van der Waals surface area contributed by atoms with E-state index in [2.05, 4.69) is 19.4 Å². The summed E-state index contributed by atoms with van der Waals surface area (Å²) in [7, 11) is 1.70. The van der Waals surface area contributed by atoms with E-state index in [9.17, 15) is 4.79 Å². The summed E-state index contributed by atoms with van der Waals surface area (Å²) in [5, 5.41) is 0. The molecule has 6 nitrogen and oxygen atoms in total. The largest absolute Gasteiger partial charge is 0.383 e. The SMILES string of the molecule is COCCn1cnc2cc(C(=O)N3CCCC[C@@H]3CN3CCCCCC3)ccc21. The first-order chi connectivity index (χ1) is 14.3. The lowest BCUT2D eigenvalue weighted by molar-refractivity contribution is 0.0547. The van der Waals surface area contributed by atoms with Crippen LogP contribution in [0.5, 0.6) is 0 Å². The Labute approximate surface area is 173 Å². The summed E-state index contributed by atoms with van der Waals surface area (Å²) < 4.78 is 7.25. The van der Waals surface area contributed by atoms with Crippen LogP contribution in [0.3, 0.4) is 0 Å². The van der Waals surface area contributed by atoms with Gasteiger partial charge in [0.05, 0.1) is 24.0 Å². The summed E-state index contributed by atoms with van der Waals surface area (Å²) in [6.45, 7) is 5.69. The highest BCUT2D eigenvalue weighted by molar-refractivity contribution is 5.97. The summed E-state index contributed by atoms with van der Waals surface area (Å²) in [5.41, 5.74) is 2.70. The lowest BCUT2D eigenvalue weighted by Crippen LogP contribution is -2.49. The highest BCUT2D eigenvalue weighted by Crippen LogP contribution is 2.23. The summed E-state index contributed by atoms with van der Waals surface area (Å²) in [5.74, 6) is 0.165. The van der Waals surface area contributed by atoms with E-state index in [4.69, 9.17) is 4.74 Å². The first-order valence-corrected chi connectivity index (χ1v) is 11.2. The standard InChI is InChI=1S/C23H34N4O2/c1-29-15-14-26-18-24-21-16-19(9-10-22(21)26)23(28)27-13-7-4-8-20(27)17-25-11-5-2-3-6-12-25/h9-10,16,18,20H,2-8,11-15,17H2,1H3/t20-/m1/s1. The molecule has 2 aliphatic rings. The summed E-state index contributed by atoms with van der Waals surface area (Å²) in [6.07, 6.45) is 10.6. The Balaban J connectivity index is 1.48. The van der Waals surface area contributed by atoms with Gasteiger partial charge in [-0.1, -0.05) is 12.8 Å². The van der Waals surface area contributed by atoms with Crippen LogP contribution in [0.2, 0.25) is 0 Å². The normalized spacial score (nSPS) is 21.4. The smallest absolute Gasteiger partial charge is 0.254 e. The second-order valence-electron chi connectivity index (χ2n) is 8.50. The Kier molecular flexibility index (Phi) is 6.82. The number of hydrogen-bond donors (Lipinski definition) is 0. The van der Waals surface area contributed by atoms with Crippen LogP contribution < -0.4 is 0 Å². The van der Waals surface area contributed by atoms with Gasteiger partial charge in [0.25, 0.3) is 5.91 Å². The van der Waals surface area contributed by atoms with Gasteiger partial charge >= 0.3 is 0 Å². The molecule has 4 rings (SSSR count). The number of fused-ring (bicyclic) bond motifs is 1. The van der Waals surface area contributed by atoms with E-state index in [-0.39, 0.29) is 5.91 Å². The molecule has 0 radical (unpaired) electrons. The van der Waals surface area contributed by atoms with Gasteiger partial charge in [0.2, 0.25) is 0 Å². The average Bonchev–Trinajstić information content (AvgIpc) is 2.98. The quantitative estimate of drug-likeness (QED) is 0.747. The van der Waals surface area contributed by atoms with Gasteiger partial charge in [0, 0.05) is 38.3 Å². The van der Waals surface area contributed by atoms with Gasteiger partial charge in [0.15, 0.2) is 0 Å². The minimum atomic E-state index is 0.165. The van der Waals surface area contributed by atoms with Crippen LogP contribution in [0.4, 0.5) is 0 Å². The van der Waals surface area contributed by atoms with E-state index in [1.165, 1.54) is 45.2 Å². The maximum atomic E-state index is 13.4. The Morgan fingerprint density at radius 1 is 1.10 bits per heavy atom. The molecule has 158 valence electrons. The number of hydrogen-bond acceptors (Lipinski definition) is 4. The minimum Gasteiger partial charge on any atom is -0.383 e. The number of nitrogens with zero attached hydrogens (tertiary/aromatic N) is 4. The molecule has 6 heteroatoms. The van der Waals surface area contributed by atoms with E-state index in [0.29, 0.717) is 12.6 Å². The van der Waals surface area contributed by atoms with Crippen molar-refractivity contribution < 1.29 is 9.53 Å². The number of ether oxygens (including phenoxy) is 1. The van der Waals surface area contributed by atoms with Gasteiger partial charge in [-0.2, -0.15) is 0 Å². The highest BCUT2D eigenvalue weighted by atomic mass is 16.5. The number of imidazole rings is 1. The second-order valence-corrected chi connectivity index (χ2v) is 8.50. The van der Waals surface area contributed by atoms with E-state index >= 15 is 0 Å². The zero-order chi connectivity index (χ0) is 20.1. The number of rotatable bonds is 6. The van der Waals surface area contributed by atoms with Crippen molar-refractivity contribution in [2.75, 3.05) is 39.9 Å². The molecule has 3 heterocycles. The Bertz CT molecular complexity index is 810. The molecule has 0 spiro atoms. The fourth-order valence-electron chi connectivity index (χ4n) is 4.81. The number of methoxy groups -OCH3 is 1. The van der Waals surface area contributed by atoms with Gasteiger partial charge in [0.1, 0.15) is 0 Å². The molecule has 1 aromatic heterocycles. The third kappa shape index (κ3) is 4.81. The molecule has 1 aromatic carbocycles. The highest BCUT2D eigenvalue weighted by Gasteiger charge is 2.29. The fourth-order valence-corrected chi connectivity index (χ4v) is 4.81. The van der Waals surface area contributed by atoms with Crippen LogP contribution in [0.25, 0.3) is 11.0 Å². The maximum absolute atomic E-state index is 13.4. The lowest BCUT2D eigenvalue weighted by Gasteiger charge is -2.38. The van der Waals surface area contributed by atoms with Crippen LogP contribution in [-0.2, 0) is 11.3 Å². The van der Waals surface area contributed by atoms with Crippen LogP contribution in [0.15, 0.2) is 24.5 Å². The van der Waals surface area contributed by atoms with Gasteiger partial charge in [-0.25, -0.2) is 4.98 Å². The van der Waals surface area contributed by atoms with Gasteiger partial charge < -0.3 is 19.1 Å². The van der Waals surface area contributed by atoms with Crippen LogP contribution in [0.1, 0.15) is 55.3 Å². The van der Waals surface area contributed by atoms with Crippen molar-refractivity contribution in [2.24, 2.45) is 0 Å². The number of aromatic nitrogens is 2. The van der Waals surface area contributed by atoms with Crippen molar-refractivity contribution in [1.82, 2.24) is 19.4 Å². The number of amides is 1. The molecule has 2 fully saturated rings. The van der Waals surface area contributed by atoms with E-state index in [0.717, 1.165) is 49.1 Å². The topological polar surface area (TPSA) is 50.6 Å². The number of benzene rings is 1. The number of piperidine rings is 1. The molecule has 1 amide bonds. The predicted octanol–water partition coefficient (Wildman–Crippen LogP) is 3.55. The molecule has 0 bridgehead atoms. The molecule has 29 heavy (non-hydrogen) atoms. The molecule has 0 N–H and O–H groups in total. The van der Waals surface area contributed by atoms with E-state index in [1.807, 2.05) is 24.5 Å². The van der Waals surface area contributed by atoms with E-state index in [1.54, 1.807) is 7.11 Å². The molecule has 2 saturated heterocycles. The maximum Gasteiger partial charge on any atom is 0.254 e. The number of carbonyl (C=O) groups excluding carboxylic acids is 1. The summed E-state index contributed by atoms with van der Waals surface area (Å²) in [4.78, 5) is 22.6. The van der Waals surface area contributed by atoms with Gasteiger partial charge in [-0.15, -0.1) is 0 Å². The Hall–Kier alpha value is -1.92.